The van der Waals surface area contributed by atoms with E-state index in [1.54, 1.807) is 9.58 Å². The number of nitrogens with zero attached hydrogens (tertiary/aromatic N) is 3. The summed E-state index contributed by atoms with van der Waals surface area (Å²) in [6.07, 6.45) is 0. The summed E-state index contributed by atoms with van der Waals surface area (Å²) in [7, 11) is 1.85. The van der Waals surface area contributed by atoms with Crippen LogP contribution in [0.3, 0.4) is 0 Å². The van der Waals surface area contributed by atoms with Crippen molar-refractivity contribution in [3.05, 3.63) is 69.8 Å². The van der Waals surface area contributed by atoms with Crippen molar-refractivity contribution in [2.75, 3.05) is 13.1 Å². The Balaban J connectivity index is 1.76. The maximum atomic E-state index is 13.8. The Morgan fingerprint density at radius 1 is 1.18 bits per heavy atom. The highest BCUT2D eigenvalue weighted by molar-refractivity contribution is 9.10. The van der Waals surface area contributed by atoms with Gasteiger partial charge in [-0.05, 0) is 37.6 Å². The van der Waals surface area contributed by atoms with Crippen LogP contribution < -0.4 is 10.1 Å². The normalized spacial score (nSPS) is 13.5. The molecule has 0 fully saturated rings. The number of halogens is 1. The van der Waals surface area contributed by atoms with Crippen LogP contribution in [0.4, 0.5) is 0 Å². The van der Waals surface area contributed by atoms with Gasteiger partial charge in [0.1, 0.15) is 11.4 Å². The first kappa shape index (κ1) is 23.0. The topological polar surface area (TPSA) is 76.5 Å². The zero-order chi connectivity index (χ0) is 23.8. The molecule has 1 aliphatic rings. The van der Waals surface area contributed by atoms with Gasteiger partial charge < -0.3 is 15.0 Å². The second-order valence-electron chi connectivity index (χ2n) is 8.64. The van der Waals surface area contributed by atoms with Crippen molar-refractivity contribution in [3.63, 3.8) is 0 Å². The Kier molecular flexibility index (Phi) is 6.30. The zero-order valence-electron chi connectivity index (χ0n) is 19.2. The van der Waals surface area contributed by atoms with E-state index in [-0.39, 0.29) is 11.8 Å². The molecule has 7 nitrogen and oxygen atoms in total. The molecule has 33 heavy (non-hydrogen) atoms. The monoisotopic (exact) mass is 510 g/mol. The van der Waals surface area contributed by atoms with Crippen molar-refractivity contribution in [2.45, 2.75) is 32.9 Å². The summed E-state index contributed by atoms with van der Waals surface area (Å²) >= 11 is 3.54. The molecule has 1 aromatic heterocycles. The standard InChI is InChI=1S/C25H27BrN4O3/c1-16(31)27-12-13-30(15-17-8-6-5-7-9-17)24(32)22-21-23(29(4)28-22)19-14-18(26)10-11-20(19)33-25(21,2)3/h5-11,14H,12-13,15H2,1-4H3,(H,27,31). The molecule has 0 atom stereocenters. The summed E-state index contributed by atoms with van der Waals surface area (Å²) < 4.78 is 8.99. The predicted molar refractivity (Wildman–Crippen MR) is 130 cm³/mol. The van der Waals surface area contributed by atoms with E-state index < -0.39 is 5.60 Å². The maximum absolute atomic E-state index is 13.8. The van der Waals surface area contributed by atoms with Gasteiger partial charge in [0.25, 0.3) is 5.91 Å². The number of hydrogen-bond acceptors (Lipinski definition) is 4. The van der Waals surface area contributed by atoms with Gasteiger partial charge in [-0.1, -0.05) is 46.3 Å². The number of aryl methyl sites for hydroxylation is 1. The van der Waals surface area contributed by atoms with Crippen LogP contribution in [0.5, 0.6) is 5.75 Å². The molecule has 0 bridgehead atoms. The summed E-state index contributed by atoms with van der Waals surface area (Å²) in [6, 6.07) is 15.6. The van der Waals surface area contributed by atoms with Gasteiger partial charge in [-0.3, -0.25) is 14.3 Å². The zero-order valence-corrected chi connectivity index (χ0v) is 20.8. The molecule has 0 unspecified atom stereocenters. The minimum atomic E-state index is -0.745. The third-order valence-corrected chi connectivity index (χ3v) is 6.17. The van der Waals surface area contributed by atoms with E-state index >= 15 is 0 Å². The SMILES string of the molecule is CC(=O)NCCN(Cc1ccccc1)C(=O)c1nn(C)c2c1C(C)(C)Oc1ccc(Br)cc1-2. The average Bonchev–Trinajstić information content (AvgIpc) is 3.12. The lowest BCUT2D eigenvalue weighted by Crippen LogP contribution is -2.39. The van der Waals surface area contributed by atoms with E-state index in [9.17, 15) is 9.59 Å². The van der Waals surface area contributed by atoms with Crippen molar-refractivity contribution < 1.29 is 14.3 Å². The first-order chi connectivity index (χ1) is 15.7. The molecule has 0 saturated carbocycles. The van der Waals surface area contributed by atoms with Gasteiger partial charge in [0, 0.05) is 43.6 Å². The van der Waals surface area contributed by atoms with Crippen LogP contribution >= 0.6 is 15.9 Å². The molecule has 172 valence electrons. The lowest BCUT2D eigenvalue weighted by Gasteiger charge is -2.34. The number of fused-ring (bicyclic) bond motifs is 3. The van der Waals surface area contributed by atoms with Crippen LogP contribution in [0.1, 0.15) is 42.4 Å². The molecule has 0 aliphatic carbocycles. The van der Waals surface area contributed by atoms with Crippen molar-refractivity contribution in [2.24, 2.45) is 7.05 Å². The van der Waals surface area contributed by atoms with E-state index in [1.807, 2.05) is 69.4 Å². The minimum absolute atomic E-state index is 0.131. The van der Waals surface area contributed by atoms with E-state index in [1.165, 1.54) is 6.92 Å². The molecule has 2 heterocycles. The Bertz CT molecular complexity index is 1200. The summed E-state index contributed by atoms with van der Waals surface area (Å²) in [4.78, 5) is 27.0. The minimum Gasteiger partial charge on any atom is -0.482 e. The van der Waals surface area contributed by atoms with Gasteiger partial charge in [-0.25, -0.2) is 0 Å². The number of rotatable bonds is 6. The van der Waals surface area contributed by atoms with Crippen LogP contribution in [0.25, 0.3) is 11.3 Å². The van der Waals surface area contributed by atoms with Gasteiger partial charge in [-0.15, -0.1) is 0 Å². The number of ether oxygens (including phenoxy) is 1. The smallest absolute Gasteiger partial charge is 0.275 e. The van der Waals surface area contributed by atoms with Crippen LogP contribution in [0.2, 0.25) is 0 Å². The van der Waals surface area contributed by atoms with Crippen LogP contribution in [0.15, 0.2) is 53.0 Å². The highest BCUT2D eigenvalue weighted by Gasteiger charge is 2.41. The fraction of sp³-hybridized carbons (Fsp3) is 0.320. The highest BCUT2D eigenvalue weighted by Crippen LogP contribution is 2.47. The molecule has 2 amide bonds. The average molecular weight is 511 g/mol. The summed E-state index contributed by atoms with van der Waals surface area (Å²) in [5.41, 5.74) is 3.14. The predicted octanol–water partition coefficient (Wildman–Crippen LogP) is 4.26. The summed E-state index contributed by atoms with van der Waals surface area (Å²) in [6.45, 7) is 6.50. The van der Waals surface area contributed by atoms with Gasteiger partial charge in [0.05, 0.1) is 11.3 Å². The molecule has 2 aromatic carbocycles. The fourth-order valence-electron chi connectivity index (χ4n) is 4.23. The molecule has 0 saturated heterocycles. The van der Waals surface area contributed by atoms with E-state index in [0.717, 1.165) is 32.6 Å². The quantitative estimate of drug-likeness (QED) is 0.537. The lowest BCUT2D eigenvalue weighted by molar-refractivity contribution is -0.119. The maximum Gasteiger partial charge on any atom is 0.275 e. The second kappa shape index (κ2) is 9.02. The van der Waals surface area contributed by atoms with Crippen molar-refractivity contribution in [1.82, 2.24) is 20.0 Å². The van der Waals surface area contributed by atoms with Gasteiger partial charge in [0.15, 0.2) is 5.69 Å². The molecule has 8 heteroatoms. The Labute approximate surface area is 201 Å². The van der Waals surface area contributed by atoms with E-state index in [2.05, 4.69) is 26.3 Å². The van der Waals surface area contributed by atoms with Gasteiger partial charge in [0.2, 0.25) is 5.91 Å². The van der Waals surface area contributed by atoms with Gasteiger partial charge >= 0.3 is 0 Å². The molecule has 4 rings (SSSR count). The molecular weight excluding hydrogens is 484 g/mol. The van der Waals surface area contributed by atoms with E-state index in [0.29, 0.717) is 25.3 Å². The molecule has 3 aromatic rings. The highest BCUT2D eigenvalue weighted by atomic mass is 79.9. The van der Waals surface area contributed by atoms with Crippen molar-refractivity contribution in [3.8, 4) is 17.0 Å². The number of carbonyl (C=O) groups is 2. The molecule has 1 aliphatic heterocycles. The molecular formula is C25H27BrN4O3. The third kappa shape index (κ3) is 4.66. The Morgan fingerprint density at radius 2 is 1.91 bits per heavy atom. The fourth-order valence-corrected chi connectivity index (χ4v) is 4.59. The largest absolute Gasteiger partial charge is 0.482 e. The van der Waals surface area contributed by atoms with Crippen LogP contribution in [-0.4, -0.2) is 39.6 Å². The van der Waals surface area contributed by atoms with Crippen molar-refractivity contribution in [1.29, 1.82) is 0 Å². The Morgan fingerprint density at radius 3 is 2.61 bits per heavy atom. The molecule has 0 radical (unpaired) electrons. The third-order valence-electron chi connectivity index (χ3n) is 5.67. The number of carbonyl (C=O) groups excluding carboxylic acids is 2. The number of amides is 2. The first-order valence-electron chi connectivity index (χ1n) is 10.8. The number of hydrogen-bond donors (Lipinski definition) is 1. The van der Waals surface area contributed by atoms with Crippen molar-refractivity contribution >= 4 is 27.7 Å². The number of aromatic nitrogens is 2. The molecule has 1 N–H and O–H groups in total. The second-order valence-corrected chi connectivity index (χ2v) is 9.56. The van der Waals surface area contributed by atoms with E-state index in [4.69, 9.17) is 4.74 Å². The van der Waals surface area contributed by atoms with Crippen LogP contribution in [0, 0.1) is 0 Å². The summed E-state index contributed by atoms with van der Waals surface area (Å²) in [5.74, 6) is 0.426. The number of nitrogens with one attached hydrogen (secondary N) is 1. The number of benzene rings is 2. The van der Waals surface area contributed by atoms with Crippen LogP contribution in [-0.2, 0) is 24.0 Å². The molecule has 0 spiro atoms. The lowest BCUT2D eigenvalue weighted by atomic mass is 9.88. The Hall–Kier alpha value is -3.13. The van der Waals surface area contributed by atoms with Gasteiger partial charge in [-0.2, -0.15) is 5.10 Å². The first-order valence-corrected chi connectivity index (χ1v) is 11.6. The summed E-state index contributed by atoms with van der Waals surface area (Å²) in [5, 5.41) is 7.45.